The zero-order valence-electron chi connectivity index (χ0n) is 8.70. The molecule has 0 amide bonds. The van der Waals surface area contributed by atoms with Crippen LogP contribution in [0.25, 0.3) is 10.4 Å². The van der Waals surface area contributed by atoms with Crippen LogP contribution in [0.1, 0.15) is 10.4 Å². The van der Waals surface area contributed by atoms with Gasteiger partial charge in [0.2, 0.25) is 0 Å². The van der Waals surface area contributed by atoms with E-state index >= 15 is 0 Å². The van der Waals surface area contributed by atoms with E-state index in [1.165, 1.54) is 24.3 Å². The van der Waals surface area contributed by atoms with Crippen LogP contribution in [0.3, 0.4) is 0 Å². The quantitative estimate of drug-likeness (QED) is 0.304. The first kappa shape index (κ1) is 12.5. The van der Waals surface area contributed by atoms with Crippen molar-refractivity contribution in [1.82, 2.24) is 0 Å². The monoisotopic (exact) mass is 234 g/mol. The summed E-state index contributed by atoms with van der Waals surface area (Å²) in [5, 5.41) is 13.3. The number of ketones is 1. The standard InChI is InChI=1S/C10H9N3O4/c11-13-12-5-9(14)7-1-3-8(4-2-7)17-6-10(15)16/h1-4H,5-6H2,(H,15,16)/p-1. The molecule has 0 fully saturated rings. The number of carbonyl (C=O) groups is 2. The summed E-state index contributed by atoms with van der Waals surface area (Å²) in [6.45, 7) is -0.804. The van der Waals surface area contributed by atoms with Crippen molar-refractivity contribution in [2.24, 2.45) is 5.11 Å². The third-order valence-electron chi connectivity index (χ3n) is 1.81. The van der Waals surface area contributed by atoms with Gasteiger partial charge < -0.3 is 14.6 Å². The normalized spacial score (nSPS) is 9.18. The Morgan fingerprint density at radius 3 is 2.53 bits per heavy atom. The number of aliphatic carboxylic acids is 1. The second-order valence-electron chi connectivity index (χ2n) is 3.00. The number of Topliss-reactive ketones (excluding diaryl/α,β-unsaturated/α-hetero) is 1. The van der Waals surface area contributed by atoms with Crippen molar-refractivity contribution in [2.75, 3.05) is 13.2 Å². The van der Waals surface area contributed by atoms with E-state index in [2.05, 4.69) is 10.0 Å². The lowest BCUT2D eigenvalue weighted by Gasteiger charge is -2.06. The Hall–Kier alpha value is -2.53. The Bertz CT molecular complexity index is 463. The molecule has 1 rings (SSSR count). The maximum absolute atomic E-state index is 11.4. The minimum Gasteiger partial charge on any atom is -0.546 e. The van der Waals surface area contributed by atoms with Crippen molar-refractivity contribution >= 4 is 11.8 Å². The molecule has 1 aromatic carbocycles. The van der Waals surface area contributed by atoms with E-state index in [0.717, 1.165) is 0 Å². The van der Waals surface area contributed by atoms with E-state index in [-0.39, 0.29) is 12.3 Å². The molecular formula is C10H8N3O4-. The number of carboxylic acids is 1. The van der Waals surface area contributed by atoms with Crippen LogP contribution < -0.4 is 9.84 Å². The molecule has 1 aromatic rings. The highest BCUT2D eigenvalue weighted by Crippen LogP contribution is 2.12. The van der Waals surface area contributed by atoms with E-state index in [4.69, 9.17) is 10.3 Å². The molecule has 0 aliphatic rings. The molecule has 0 N–H and O–H groups in total. The van der Waals surface area contributed by atoms with E-state index in [0.29, 0.717) is 11.3 Å². The Kier molecular flexibility index (Phi) is 4.53. The van der Waals surface area contributed by atoms with Gasteiger partial charge in [0.1, 0.15) is 12.4 Å². The Morgan fingerprint density at radius 2 is 2.00 bits per heavy atom. The molecule has 0 aliphatic heterocycles. The lowest BCUT2D eigenvalue weighted by Crippen LogP contribution is -2.28. The molecule has 0 heterocycles. The molecule has 0 saturated heterocycles. The molecule has 0 spiro atoms. The lowest BCUT2D eigenvalue weighted by molar-refractivity contribution is -0.307. The average Bonchev–Trinajstić information content (AvgIpc) is 2.34. The molecule has 0 bridgehead atoms. The third-order valence-corrected chi connectivity index (χ3v) is 1.81. The molecule has 88 valence electrons. The summed E-state index contributed by atoms with van der Waals surface area (Å²) < 4.78 is 4.83. The van der Waals surface area contributed by atoms with Crippen LogP contribution in [-0.2, 0) is 4.79 Å². The lowest BCUT2D eigenvalue weighted by atomic mass is 10.1. The number of azide groups is 1. The fourth-order valence-electron chi connectivity index (χ4n) is 1.07. The number of ether oxygens (including phenoxy) is 1. The highest BCUT2D eigenvalue weighted by molar-refractivity contribution is 5.97. The van der Waals surface area contributed by atoms with Crippen LogP contribution in [0.4, 0.5) is 0 Å². The van der Waals surface area contributed by atoms with Crippen LogP contribution in [0.5, 0.6) is 5.75 Å². The summed E-state index contributed by atoms with van der Waals surface area (Å²) >= 11 is 0. The summed E-state index contributed by atoms with van der Waals surface area (Å²) in [4.78, 5) is 24.0. The molecule has 7 heteroatoms. The second kappa shape index (κ2) is 6.14. The first-order valence-electron chi connectivity index (χ1n) is 4.60. The number of carboxylic acid groups (broad SMARTS) is 1. The van der Waals surface area contributed by atoms with E-state index < -0.39 is 12.6 Å². The third kappa shape index (κ3) is 4.23. The van der Waals surface area contributed by atoms with Crippen LogP contribution in [-0.4, -0.2) is 24.9 Å². The summed E-state index contributed by atoms with van der Waals surface area (Å²) in [5.74, 6) is -1.34. The van der Waals surface area contributed by atoms with E-state index in [9.17, 15) is 14.7 Å². The zero-order valence-corrected chi connectivity index (χ0v) is 8.70. The highest BCUT2D eigenvalue weighted by atomic mass is 16.5. The van der Waals surface area contributed by atoms with Crippen molar-refractivity contribution < 1.29 is 19.4 Å². The van der Waals surface area contributed by atoms with Crippen molar-refractivity contribution in [3.63, 3.8) is 0 Å². The minimum absolute atomic E-state index is 0.254. The molecule has 0 radical (unpaired) electrons. The number of carbonyl (C=O) groups excluding carboxylic acids is 2. The van der Waals surface area contributed by atoms with Crippen LogP contribution in [0.2, 0.25) is 0 Å². The Morgan fingerprint density at radius 1 is 1.35 bits per heavy atom. The molecule has 0 saturated carbocycles. The van der Waals surface area contributed by atoms with Gasteiger partial charge in [0.05, 0.1) is 12.5 Å². The molecule has 0 atom stereocenters. The number of hydrogen-bond acceptors (Lipinski definition) is 5. The van der Waals surface area contributed by atoms with Gasteiger partial charge in [0, 0.05) is 10.5 Å². The van der Waals surface area contributed by atoms with Gasteiger partial charge in [0.15, 0.2) is 5.78 Å². The number of benzene rings is 1. The molecule has 17 heavy (non-hydrogen) atoms. The average molecular weight is 234 g/mol. The first-order chi connectivity index (χ1) is 8.13. The Labute approximate surface area is 96.3 Å². The van der Waals surface area contributed by atoms with E-state index in [1.54, 1.807) is 0 Å². The number of hydrogen-bond donors (Lipinski definition) is 0. The van der Waals surface area contributed by atoms with Gasteiger partial charge in [-0.05, 0) is 29.8 Å². The number of nitrogens with zero attached hydrogens (tertiary/aromatic N) is 3. The van der Waals surface area contributed by atoms with Gasteiger partial charge in [-0.25, -0.2) is 0 Å². The van der Waals surface area contributed by atoms with Gasteiger partial charge in [0.25, 0.3) is 0 Å². The Balaban J connectivity index is 2.64. The topological polar surface area (TPSA) is 115 Å². The summed E-state index contributed by atoms with van der Waals surface area (Å²) in [7, 11) is 0. The van der Waals surface area contributed by atoms with Gasteiger partial charge in [-0.3, -0.25) is 4.79 Å². The SMILES string of the molecule is [N-]=[N+]=NCC(=O)c1ccc(OCC(=O)[O-])cc1. The predicted octanol–water partition coefficient (Wildman–Crippen LogP) is 0.308. The fourth-order valence-corrected chi connectivity index (χ4v) is 1.07. The molecule has 0 aromatic heterocycles. The summed E-state index contributed by atoms with van der Waals surface area (Å²) in [6.07, 6.45) is 0. The smallest absolute Gasteiger partial charge is 0.168 e. The van der Waals surface area contributed by atoms with Crippen molar-refractivity contribution in [2.45, 2.75) is 0 Å². The molecule has 0 unspecified atom stereocenters. The largest absolute Gasteiger partial charge is 0.546 e. The van der Waals surface area contributed by atoms with Crippen LogP contribution >= 0.6 is 0 Å². The predicted molar refractivity (Wildman–Crippen MR) is 55.3 cm³/mol. The van der Waals surface area contributed by atoms with E-state index in [1.807, 2.05) is 0 Å². The van der Waals surface area contributed by atoms with Crippen molar-refractivity contribution in [1.29, 1.82) is 0 Å². The van der Waals surface area contributed by atoms with Crippen molar-refractivity contribution in [3.05, 3.63) is 40.3 Å². The summed E-state index contributed by atoms with van der Waals surface area (Å²) in [5.41, 5.74) is 8.41. The van der Waals surface area contributed by atoms with Gasteiger partial charge >= 0.3 is 0 Å². The second-order valence-corrected chi connectivity index (χ2v) is 3.00. The molecule has 0 aliphatic carbocycles. The summed E-state index contributed by atoms with van der Waals surface area (Å²) in [6, 6.07) is 5.82. The first-order valence-corrected chi connectivity index (χ1v) is 4.60. The molecule has 7 nitrogen and oxygen atoms in total. The fraction of sp³-hybridized carbons (Fsp3) is 0.200. The van der Waals surface area contributed by atoms with Gasteiger partial charge in [-0.15, -0.1) is 0 Å². The number of rotatable bonds is 6. The molecular weight excluding hydrogens is 226 g/mol. The maximum Gasteiger partial charge on any atom is 0.168 e. The van der Waals surface area contributed by atoms with Crippen LogP contribution in [0.15, 0.2) is 29.4 Å². The maximum atomic E-state index is 11.4. The van der Waals surface area contributed by atoms with Crippen LogP contribution in [0, 0.1) is 0 Å². The zero-order chi connectivity index (χ0) is 12.7. The highest BCUT2D eigenvalue weighted by Gasteiger charge is 2.04. The van der Waals surface area contributed by atoms with Crippen molar-refractivity contribution in [3.8, 4) is 5.75 Å². The minimum atomic E-state index is -1.33. The van der Waals surface area contributed by atoms with Gasteiger partial charge in [-0.1, -0.05) is 5.11 Å². The van der Waals surface area contributed by atoms with Gasteiger partial charge in [-0.2, -0.15) is 0 Å².